The van der Waals surface area contributed by atoms with Gasteiger partial charge in [0, 0.05) is 105 Å². The number of hydrogen-bond donors (Lipinski definition) is 1. The Balaban J connectivity index is -0.000000124. The van der Waals surface area contributed by atoms with Gasteiger partial charge in [-0.15, -0.1) is 29.9 Å². The van der Waals surface area contributed by atoms with Crippen LogP contribution in [0.1, 0.15) is 25.0 Å². The second-order valence-electron chi connectivity index (χ2n) is 6.92. The third kappa shape index (κ3) is 30.3. The number of carbonyl (C=O) groups is 1. The molecule has 2 aromatic heterocycles. The van der Waals surface area contributed by atoms with Gasteiger partial charge in [-0.2, -0.15) is 5.92 Å². The van der Waals surface area contributed by atoms with E-state index >= 15 is 0 Å². The van der Waals surface area contributed by atoms with E-state index in [4.69, 9.17) is 23.2 Å². The standard InChI is InChI=1S/C11H16ClN2.C7H9ClN2.C4H7O.I2.HI.2W/c1-9(2)7-14(3)8-10-4-5-11(12)13-6-10;1-9-4-6-2-3-7(8)10-5-6;1-4(2)3-5;1-2;;;/h4-6,9H,1,7-8H2,2-3H3;2-3,5,9H,4H2,1H3;3-4H,1H2,2H3;;1H;;/q-1;;-1;;;;. The summed E-state index contributed by atoms with van der Waals surface area (Å²) >= 11 is 15.5. The summed E-state index contributed by atoms with van der Waals surface area (Å²) in [5.74, 6) is 0.398. The molecule has 0 radical (unpaired) electrons. The molecule has 0 aliphatic heterocycles. The van der Waals surface area contributed by atoms with Gasteiger partial charge in [0.2, 0.25) is 0 Å². The first-order chi connectivity index (χ1) is 14.7. The van der Waals surface area contributed by atoms with Crippen molar-refractivity contribution >= 4 is 90.7 Å². The van der Waals surface area contributed by atoms with E-state index in [1.807, 2.05) is 31.4 Å². The number of hydrogen-bond acceptors (Lipinski definition) is 5. The van der Waals surface area contributed by atoms with Crippen LogP contribution in [-0.2, 0) is 60.0 Å². The van der Waals surface area contributed by atoms with Gasteiger partial charge in [0.1, 0.15) is 10.3 Å². The number of aldehydes is 1. The molecular formula is C22H33Cl2I3N4OW2-2. The zero-order chi connectivity index (χ0) is 24.2. The van der Waals surface area contributed by atoms with Crippen LogP contribution in [0, 0.1) is 25.7 Å². The van der Waals surface area contributed by atoms with Gasteiger partial charge in [0.15, 0.2) is 0 Å². The van der Waals surface area contributed by atoms with Crippen molar-refractivity contribution < 1.29 is 46.9 Å². The monoisotopic (exact) mass is 1190 g/mol. The van der Waals surface area contributed by atoms with Crippen molar-refractivity contribution in [2.45, 2.75) is 26.9 Å². The molecule has 196 valence electrons. The average Bonchev–Trinajstić information content (AvgIpc) is 2.73. The summed E-state index contributed by atoms with van der Waals surface area (Å²) in [6, 6.07) is 7.55. The molecule has 0 aliphatic carbocycles. The van der Waals surface area contributed by atoms with Crippen LogP contribution in [0.25, 0.3) is 0 Å². The van der Waals surface area contributed by atoms with E-state index in [2.05, 4.69) is 85.2 Å². The van der Waals surface area contributed by atoms with Crippen molar-refractivity contribution in [3.8, 4) is 0 Å². The first kappa shape index (κ1) is 45.9. The Morgan fingerprint density at radius 1 is 1.03 bits per heavy atom. The third-order valence-electron chi connectivity index (χ3n) is 3.27. The number of halogens is 5. The molecule has 0 saturated carbocycles. The minimum atomic E-state index is -0.0463. The van der Waals surface area contributed by atoms with E-state index < -0.39 is 0 Å². The summed E-state index contributed by atoms with van der Waals surface area (Å²) in [6.07, 6.45) is 4.38. The SMILES string of the molecule is CNCc1ccc(Cl)nc1.I.II.[CH2-]C(C)C=O.[CH2-]C(C)CN(C)Cc1ccc(Cl)nc1.[W].[W]. The Kier molecular flexibility index (Phi) is 42.2. The Morgan fingerprint density at radius 2 is 1.44 bits per heavy atom. The molecule has 2 unspecified atom stereocenters. The van der Waals surface area contributed by atoms with E-state index in [0.29, 0.717) is 16.2 Å². The number of pyridine rings is 2. The first-order valence-electron chi connectivity index (χ1n) is 9.47. The smallest absolute Gasteiger partial charge is 0.129 e. The van der Waals surface area contributed by atoms with Crippen molar-refractivity contribution in [1.29, 1.82) is 0 Å². The van der Waals surface area contributed by atoms with E-state index in [-0.39, 0.29) is 72.0 Å². The zero-order valence-electron chi connectivity index (χ0n) is 19.7. The first-order valence-corrected chi connectivity index (χ1v) is 16.5. The second kappa shape index (κ2) is 31.3. The van der Waals surface area contributed by atoms with Gasteiger partial charge in [0.25, 0.3) is 0 Å². The van der Waals surface area contributed by atoms with Gasteiger partial charge in [-0.05, 0) is 43.9 Å². The fraction of sp³-hybridized carbons (Fsp3) is 0.409. The van der Waals surface area contributed by atoms with Crippen molar-refractivity contribution in [3.63, 3.8) is 0 Å². The molecular weight excluding hydrogens is 1160 g/mol. The maximum Gasteiger partial charge on any atom is 0.129 e. The fourth-order valence-corrected chi connectivity index (χ4v) is 2.35. The molecule has 0 aliphatic rings. The summed E-state index contributed by atoms with van der Waals surface area (Å²) in [6.45, 7) is 13.9. The summed E-state index contributed by atoms with van der Waals surface area (Å²) < 4.78 is 0. The molecule has 0 spiro atoms. The van der Waals surface area contributed by atoms with Gasteiger partial charge in [-0.3, -0.25) is 0 Å². The van der Waals surface area contributed by atoms with Crippen LogP contribution >= 0.6 is 84.4 Å². The molecule has 5 nitrogen and oxygen atoms in total. The number of nitrogens with one attached hydrogen (secondary N) is 1. The molecule has 34 heavy (non-hydrogen) atoms. The minimum Gasteiger partial charge on any atom is -0.339 e. The number of aromatic nitrogens is 2. The van der Waals surface area contributed by atoms with Gasteiger partial charge in [0.05, 0.1) is 6.29 Å². The molecule has 0 saturated heterocycles. The van der Waals surface area contributed by atoms with Crippen LogP contribution < -0.4 is 5.32 Å². The van der Waals surface area contributed by atoms with E-state index in [1.54, 1.807) is 19.2 Å². The number of carbonyl (C=O) groups excluding carboxylic acids is 1. The minimum absolute atomic E-state index is 0. The molecule has 0 bridgehead atoms. The zero-order valence-corrected chi connectivity index (χ0v) is 33.7. The van der Waals surface area contributed by atoms with Crippen LogP contribution in [0.4, 0.5) is 0 Å². The molecule has 0 amide bonds. The maximum absolute atomic E-state index is 9.44. The molecule has 0 fully saturated rings. The molecule has 2 aromatic rings. The Labute approximate surface area is 285 Å². The number of nitrogens with zero attached hydrogens (tertiary/aromatic N) is 3. The second-order valence-corrected chi connectivity index (χ2v) is 7.70. The molecule has 2 atom stereocenters. The van der Waals surface area contributed by atoms with Crippen molar-refractivity contribution in [3.05, 3.63) is 71.9 Å². The van der Waals surface area contributed by atoms with Crippen molar-refractivity contribution in [2.75, 3.05) is 20.6 Å². The molecule has 12 heteroatoms. The van der Waals surface area contributed by atoms with Crippen molar-refractivity contribution in [2.24, 2.45) is 11.8 Å². The fourth-order valence-electron chi connectivity index (χ4n) is 2.12. The van der Waals surface area contributed by atoms with Gasteiger partial charge in [-0.25, -0.2) is 9.97 Å². The van der Waals surface area contributed by atoms with Crippen LogP contribution in [-0.4, -0.2) is 41.8 Å². The largest absolute Gasteiger partial charge is 0.339 e. The Morgan fingerprint density at radius 3 is 1.74 bits per heavy atom. The number of rotatable bonds is 7. The summed E-state index contributed by atoms with van der Waals surface area (Å²) in [5, 5.41) is 4.11. The van der Waals surface area contributed by atoms with Crippen LogP contribution in [0.15, 0.2) is 36.7 Å². The van der Waals surface area contributed by atoms with E-state index in [9.17, 15) is 4.79 Å². The predicted molar refractivity (Wildman–Crippen MR) is 166 cm³/mol. The molecule has 2 heterocycles. The Hall–Kier alpha value is 2.04. The molecule has 0 aromatic carbocycles. The van der Waals surface area contributed by atoms with E-state index in [1.165, 1.54) is 5.56 Å². The summed E-state index contributed by atoms with van der Waals surface area (Å²) in [5.41, 5.74) is 2.32. The molecule has 1 N–H and O–H groups in total. The van der Waals surface area contributed by atoms with Crippen LogP contribution in [0.2, 0.25) is 10.3 Å². The van der Waals surface area contributed by atoms with Gasteiger partial charge in [-0.1, -0.05) is 49.2 Å². The average molecular weight is 1190 g/mol. The Bertz CT molecular complexity index is 687. The van der Waals surface area contributed by atoms with Crippen LogP contribution in [0.5, 0.6) is 0 Å². The van der Waals surface area contributed by atoms with Crippen molar-refractivity contribution in [1.82, 2.24) is 20.2 Å². The van der Waals surface area contributed by atoms with Gasteiger partial charge < -0.3 is 28.9 Å². The predicted octanol–water partition coefficient (Wildman–Crippen LogP) is 7.13. The normalized spacial score (nSPS) is 10.6. The van der Waals surface area contributed by atoms with Gasteiger partial charge >= 0.3 is 0 Å². The summed E-state index contributed by atoms with van der Waals surface area (Å²) in [7, 11) is 3.98. The maximum atomic E-state index is 9.44. The quantitative estimate of drug-likeness (QED) is 0.139. The topological polar surface area (TPSA) is 58.1 Å². The molecule has 2 rings (SSSR count). The third-order valence-corrected chi connectivity index (χ3v) is 3.71. The van der Waals surface area contributed by atoms with E-state index in [0.717, 1.165) is 31.5 Å². The summed E-state index contributed by atoms with van der Waals surface area (Å²) in [4.78, 5) is 19.6. The van der Waals surface area contributed by atoms with Crippen LogP contribution in [0.3, 0.4) is 0 Å².